The molecule has 1 fully saturated rings. The van der Waals surface area contributed by atoms with E-state index in [9.17, 15) is 0 Å². The van der Waals surface area contributed by atoms with Gasteiger partial charge in [0.05, 0.1) is 0 Å². The smallest absolute Gasteiger partial charge is 0.128 e. The van der Waals surface area contributed by atoms with Crippen molar-refractivity contribution in [2.75, 3.05) is 24.5 Å². The zero-order valence-electron chi connectivity index (χ0n) is 13.2. The van der Waals surface area contributed by atoms with Gasteiger partial charge in [-0.2, -0.15) is 0 Å². The first-order valence-electron chi connectivity index (χ1n) is 8.09. The molecule has 1 aromatic rings. The third-order valence-electron chi connectivity index (χ3n) is 3.68. The quantitative estimate of drug-likeness (QED) is 0.748. The van der Waals surface area contributed by atoms with E-state index in [0.717, 1.165) is 31.4 Å². The van der Waals surface area contributed by atoms with Crippen LogP contribution in [0.4, 0.5) is 5.82 Å². The SMILES string of the molecule is CCCN(CC1CC1)c1cc(CNCC(C)C)ccn1. The van der Waals surface area contributed by atoms with Crippen LogP contribution in [0, 0.1) is 11.8 Å². The molecule has 1 N–H and O–H groups in total. The first kappa shape index (κ1) is 15.3. The van der Waals surface area contributed by atoms with Crippen molar-refractivity contribution in [3.05, 3.63) is 23.9 Å². The molecule has 3 heteroatoms. The van der Waals surface area contributed by atoms with Gasteiger partial charge in [-0.3, -0.25) is 0 Å². The van der Waals surface area contributed by atoms with Gasteiger partial charge in [0, 0.05) is 25.8 Å². The van der Waals surface area contributed by atoms with Crippen LogP contribution < -0.4 is 10.2 Å². The van der Waals surface area contributed by atoms with Crippen LogP contribution >= 0.6 is 0 Å². The van der Waals surface area contributed by atoms with E-state index in [-0.39, 0.29) is 0 Å². The summed E-state index contributed by atoms with van der Waals surface area (Å²) >= 11 is 0. The van der Waals surface area contributed by atoms with Crippen molar-refractivity contribution >= 4 is 5.82 Å². The second-order valence-electron chi connectivity index (χ2n) is 6.44. The van der Waals surface area contributed by atoms with Gasteiger partial charge in [-0.1, -0.05) is 20.8 Å². The number of hydrogen-bond donors (Lipinski definition) is 1. The zero-order valence-corrected chi connectivity index (χ0v) is 13.2. The first-order valence-corrected chi connectivity index (χ1v) is 8.09. The minimum absolute atomic E-state index is 0.697. The predicted molar refractivity (Wildman–Crippen MR) is 86.0 cm³/mol. The van der Waals surface area contributed by atoms with Gasteiger partial charge in [0.15, 0.2) is 0 Å². The van der Waals surface area contributed by atoms with Crippen molar-refractivity contribution in [3.63, 3.8) is 0 Å². The van der Waals surface area contributed by atoms with E-state index in [2.05, 4.69) is 48.1 Å². The number of pyridine rings is 1. The molecule has 2 rings (SSSR count). The lowest BCUT2D eigenvalue weighted by Crippen LogP contribution is -2.27. The van der Waals surface area contributed by atoms with Gasteiger partial charge in [-0.05, 0) is 55.3 Å². The second-order valence-corrected chi connectivity index (χ2v) is 6.44. The van der Waals surface area contributed by atoms with Gasteiger partial charge in [-0.25, -0.2) is 4.98 Å². The number of anilines is 1. The van der Waals surface area contributed by atoms with Crippen molar-refractivity contribution in [2.45, 2.75) is 46.6 Å². The number of nitrogens with zero attached hydrogens (tertiary/aromatic N) is 2. The van der Waals surface area contributed by atoms with E-state index in [1.54, 1.807) is 0 Å². The monoisotopic (exact) mass is 275 g/mol. The number of hydrogen-bond acceptors (Lipinski definition) is 3. The number of rotatable bonds is 9. The molecule has 112 valence electrons. The highest BCUT2D eigenvalue weighted by Crippen LogP contribution is 2.31. The van der Waals surface area contributed by atoms with E-state index < -0.39 is 0 Å². The number of nitrogens with one attached hydrogen (secondary N) is 1. The van der Waals surface area contributed by atoms with Gasteiger partial charge in [0.25, 0.3) is 0 Å². The Morgan fingerprint density at radius 3 is 2.85 bits per heavy atom. The fraction of sp³-hybridized carbons (Fsp3) is 0.706. The molecule has 3 nitrogen and oxygen atoms in total. The van der Waals surface area contributed by atoms with E-state index in [0.29, 0.717) is 5.92 Å². The van der Waals surface area contributed by atoms with Crippen molar-refractivity contribution in [1.82, 2.24) is 10.3 Å². The standard InChI is InChI=1S/C17H29N3/c1-4-9-20(13-15-5-6-15)17-10-16(7-8-19-17)12-18-11-14(2)3/h7-8,10,14-15,18H,4-6,9,11-13H2,1-3H3. The van der Waals surface area contributed by atoms with Crippen molar-refractivity contribution in [2.24, 2.45) is 11.8 Å². The minimum atomic E-state index is 0.697. The summed E-state index contributed by atoms with van der Waals surface area (Å²) in [5.74, 6) is 2.76. The van der Waals surface area contributed by atoms with Gasteiger partial charge in [0.1, 0.15) is 5.82 Å². The molecule has 0 bridgehead atoms. The molecule has 0 unspecified atom stereocenters. The van der Waals surface area contributed by atoms with Crippen molar-refractivity contribution < 1.29 is 0 Å². The Balaban J connectivity index is 1.94. The third-order valence-corrected chi connectivity index (χ3v) is 3.68. The van der Waals surface area contributed by atoms with Crippen LogP contribution in [0.1, 0.15) is 45.6 Å². The van der Waals surface area contributed by atoms with Crippen LogP contribution in [0.25, 0.3) is 0 Å². The molecule has 0 aromatic carbocycles. The summed E-state index contributed by atoms with van der Waals surface area (Å²) in [5, 5.41) is 3.51. The average Bonchev–Trinajstić information content (AvgIpc) is 3.22. The molecule has 1 aliphatic carbocycles. The molecular formula is C17H29N3. The van der Waals surface area contributed by atoms with Gasteiger partial charge < -0.3 is 10.2 Å². The van der Waals surface area contributed by atoms with Gasteiger partial charge in [0.2, 0.25) is 0 Å². The number of aromatic nitrogens is 1. The molecule has 0 saturated heterocycles. The summed E-state index contributed by atoms with van der Waals surface area (Å²) in [6, 6.07) is 4.38. The molecule has 1 aromatic heterocycles. The van der Waals surface area contributed by atoms with Gasteiger partial charge in [-0.15, -0.1) is 0 Å². The summed E-state index contributed by atoms with van der Waals surface area (Å²) in [5.41, 5.74) is 1.34. The van der Waals surface area contributed by atoms with Crippen molar-refractivity contribution in [1.29, 1.82) is 0 Å². The van der Waals surface area contributed by atoms with Crippen LogP contribution in [0.2, 0.25) is 0 Å². The summed E-state index contributed by atoms with van der Waals surface area (Å²) in [7, 11) is 0. The fourth-order valence-electron chi connectivity index (χ4n) is 2.43. The van der Waals surface area contributed by atoms with Crippen LogP contribution in [0.15, 0.2) is 18.3 Å². The van der Waals surface area contributed by atoms with Gasteiger partial charge >= 0.3 is 0 Å². The molecular weight excluding hydrogens is 246 g/mol. The predicted octanol–water partition coefficient (Wildman–Crippen LogP) is 3.45. The average molecular weight is 275 g/mol. The second kappa shape index (κ2) is 7.63. The Hall–Kier alpha value is -1.09. The normalized spacial score (nSPS) is 14.8. The van der Waals surface area contributed by atoms with E-state index in [1.807, 2.05) is 6.20 Å². The Labute approximate surface area is 123 Å². The highest BCUT2D eigenvalue weighted by molar-refractivity contribution is 5.41. The Bertz CT molecular complexity index is 399. The van der Waals surface area contributed by atoms with Crippen LogP contribution in [0.5, 0.6) is 0 Å². The molecule has 0 aliphatic heterocycles. The van der Waals surface area contributed by atoms with E-state index >= 15 is 0 Å². The Morgan fingerprint density at radius 1 is 1.40 bits per heavy atom. The Morgan fingerprint density at radius 2 is 2.20 bits per heavy atom. The fourth-order valence-corrected chi connectivity index (χ4v) is 2.43. The largest absolute Gasteiger partial charge is 0.356 e. The highest BCUT2D eigenvalue weighted by atomic mass is 15.2. The lowest BCUT2D eigenvalue weighted by molar-refractivity contribution is 0.552. The summed E-state index contributed by atoms with van der Waals surface area (Å²) in [6.45, 7) is 11.0. The lowest BCUT2D eigenvalue weighted by Gasteiger charge is -2.23. The lowest BCUT2D eigenvalue weighted by atomic mass is 10.2. The molecule has 0 radical (unpaired) electrons. The molecule has 1 saturated carbocycles. The first-order chi connectivity index (χ1) is 9.69. The summed E-state index contributed by atoms with van der Waals surface area (Å²) in [4.78, 5) is 7.04. The molecule has 0 amide bonds. The topological polar surface area (TPSA) is 28.2 Å². The van der Waals surface area contributed by atoms with E-state index in [1.165, 1.54) is 31.4 Å². The zero-order chi connectivity index (χ0) is 14.4. The molecule has 1 heterocycles. The maximum Gasteiger partial charge on any atom is 0.128 e. The highest BCUT2D eigenvalue weighted by Gasteiger charge is 2.24. The van der Waals surface area contributed by atoms with E-state index in [4.69, 9.17) is 0 Å². The maximum atomic E-state index is 4.58. The molecule has 0 atom stereocenters. The van der Waals surface area contributed by atoms with Crippen LogP contribution in [0.3, 0.4) is 0 Å². The van der Waals surface area contributed by atoms with Crippen LogP contribution in [-0.4, -0.2) is 24.6 Å². The molecule has 20 heavy (non-hydrogen) atoms. The molecule has 1 aliphatic rings. The van der Waals surface area contributed by atoms with Crippen LogP contribution in [-0.2, 0) is 6.54 Å². The maximum absolute atomic E-state index is 4.58. The van der Waals surface area contributed by atoms with Crippen molar-refractivity contribution in [3.8, 4) is 0 Å². The summed E-state index contributed by atoms with van der Waals surface area (Å²) < 4.78 is 0. The molecule has 0 spiro atoms. The minimum Gasteiger partial charge on any atom is -0.356 e. The third kappa shape index (κ3) is 5.12. The Kier molecular flexibility index (Phi) is 5.84. The summed E-state index contributed by atoms with van der Waals surface area (Å²) in [6.07, 6.45) is 5.94.